The fourth-order valence-electron chi connectivity index (χ4n) is 2.74. The molecular weight excluding hydrogens is 372 g/mol. The minimum absolute atomic E-state index is 0.0939. The lowest BCUT2D eigenvalue weighted by Gasteiger charge is -2.27. The third-order valence-electron chi connectivity index (χ3n) is 3.79. The molecule has 0 aliphatic carbocycles. The van der Waals surface area contributed by atoms with Crippen LogP contribution in [0.5, 0.6) is 5.75 Å². The SMILES string of the molecule is C[C@H]1CC(=O)Nc2ccccc2N1C(=O)COc1cccc(Br)c1. The number of nitrogens with zero attached hydrogens (tertiary/aromatic N) is 1. The first-order valence-corrected chi connectivity index (χ1v) is 8.43. The van der Waals surface area contributed by atoms with Crippen LogP contribution in [0, 0.1) is 0 Å². The Bertz CT molecular complexity index is 778. The summed E-state index contributed by atoms with van der Waals surface area (Å²) in [7, 11) is 0. The maximum Gasteiger partial charge on any atom is 0.265 e. The molecule has 5 nitrogen and oxygen atoms in total. The number of rotatable bonds is 3. The number of halogens is 1. The van der Waals surface area contributed by atoms with E-state index in [1.807, 2.05) is 37.3 Å². The van der Waals surface area contributed by atoms with Crippen molar-refractivity contribution in [2.45, 2.75) is 19.4 Å². The Labute approximate surface area is 148 Å². The second kappa shape index (κ2) is 7.05. The molecule has 0 bridgehead atoms. The number of hydrogen-bond acceptors (Lipinski definition) is 3. The first-order valence-electron chi connectivity index (χ1n) is 7.64. The molecule has 2 aromatic carbocycles. The van der Waals surface area contributed by atoms with E-state index in [9.17, 15) is 9.59 Å². The van der Waals surface area contributed by atoms with E-state index < -0.39 is 0 Å². The minimum Gasteiger partial charge on any atom is -0.484 e. The predicted octanol–water partition coefficient (Wildman–Crippen LogP) is 3.59. The molecule has 1 aliphatic heterocycles. The van der Waals surface area contributed by atoms with Crippen molar-refractivity contribution in [1.82, 2.24) is 0 Å². The monoisotopic (exact) mass is 388 g/mol. The molecule has 1 aliphatic rings. The van der Waals surface area contributed by atoms with Gasteiger partial charge < -0.3 is 15.0 Å². The molecule has 2 amide bonds. The Hall–Kier alpha value is -2.34. The number of benzene rings is 2. The second-order valence-electron chi connectivity index (χ2n) is 5.63. The number of carbonyl (C=O) groups is 2. The maximum absolute atomic E-state index is 12.7. The van der Waals surface area contributed by atoms with Crippen molar-refractivity contribution in [3.05, 3.63) is 53.0 Å². The Kier molecular flexibility index (Phi) is 4.85. The van der Waals surface area contributed by atoms with E-state index in [-0.39, 0.29) is 30.9 Å². The van der Waals surface area contributed by atoms with Crippen LogP contribution in [0.15, 0.2) is 53.0 Å². The molecule has 0 aromatic heterocycles. The van der Waals surface area contributed by atoms with Crippen LogP contribution in [-0.4, -0.2) is 24.5 Å². The second-order valence-corrected chi connectivity index (χ2v) is 6.54. The predicted molar refractivity (Wildman–Crippen MR) is 96.3 cm³/mol. The zero-order chi connectivity index (χ0) is 17.1. The summed E-state index contributed by atoms with van der Waals surface area (Å²) in [5.41, 5.74) is 1.33. The Balaban J connectivity index is 1.81. The van der Waals surface area contributed by atoms with Crippen molar-refractivity contribution < 1.29 is 14.3 Å². The van der Waals surface area contributed by atoms with E-state index in [1.54, 1.807) is 23.1 Å². The number of amides is 2. The number of fused-ring (bicyclic) bond motifs is 1. The van der Waals surface area contributed by atoms with Crippen molar-refractivity contribution in [3.8, 4) is 5.75 Å². The summed E-state index contributed by atoms with van der Waals surface area (Å²) in [5.74, 6) is 0.326. The van der Waals surface area contributed by atoms with Crippen molar-refractivity contribution in [3.63, 3.8) is 0 Å². The molecule has 1 N–H and O–H groups in total. The van der Waals surface area contributed by atoms with Gasteiger partial charge in [-0.1, -0.05) is 34.1 Å². The quantitative estimate of drug-likeness (QED) is 0.873. The van der Waals surface area contributed by atoms with Crippen LogP contribution in [0.1, 0.15) is 13.3 Å². The van der Waals surface area contributed by atoms with Crippen molar-refractivity contribution >= 4 is 39.1 Å². The number of anilines is 2. The molecule has 1 atom stereocenters. The van der Waals surface area contributed by atoms with E-state index >= 15 is 0 Å². The number of hydrogen-bond donors (Lipinski definition) is 1. The lowest BCUT2D eigenvalue weighted by Crippen LogP contribution is -2.41. The van der Waals surface area contributed by atoms with Gasteiger partial charge in [0.1, 0.15) is 5.75 Å². The van der Waals surface area contributed by atoms with Gasteiger partial charge in [-0.05, 0) is 37.3 Å². The molecule has 0 saturated carbocycles. The number of nitrogens with one attached hydrogen (secondary N) is 1. The van der Waals surface area contributed by atoms with E-state index in [4.69, 9.17) is 4.74 Å². The van der Waals surface area contributed by atoms with E-state index in [0.29, 0.717) is 17.1 Å². The van der Waals surface area contributed by atoms with Crippen molar-refractivity contribution in [2.75, 3.05) is 16.8 Å². The normalized spacial score (nSPS) is 16.8. The van der Waals surface area contributed by atoms with Gasteiger partial charge in [0.2, 0.25) is 5.91 Å². The highest BCUT2D eigenvalue weighted by Crippen LogP contribution is 2.31. The van der Waals surface area contributed by atoms with Crippen LogP contribution in [0.4, 0.5) is 11.4 Å². The molecule has 0 fully saturated rings. The summed E-state index contributed by atoms with van der Waals surface area (Å²) >= 11 is 3.37. The van der Waals surface area contributed by atoms with Gasteiger partial charge in [0, 0.05) is 16.9 Å². The number of carbonyl (C=O) groups excluding carboxylic acids is 2. The zero-order valence-electron chi connectivity index (χ0n) is 13.2. The van der Waals surface area contributed by atoms with Gasteiger partial charge in [-0.3, -0.25) is 9.59 Å². The van der Waals surface area contributed by atoms with Crippen LogP contribution < -0.4 is 15.0 Å². The summed E-state index contributed by atoms with van der Waals surface area (Å²) in [6.07, 6.45) is 0.247. The Morgan fingerprint density at radius 2 is 2.08 bits per heavy atom. The molecule has 0 radical (unpaired) electrons. The standard InChI is InChI=1S/C18H17BrN2O3/c1-12-9-17(22)20-15-7-2-3-8-16(15)21(12)18(23)11-24-14-6-4-5-13(19)10-14/h2-8,10,12H,9,11H2,1H3,(H,20,22)/t12-/m0/s1. The van der Waals surface area contributed by atoms with Crippen LogP contribution in [0.3, 0.4) is 0 Å². The van der Waals surface area contributed by atoms with Crippen LogP contribution in [0.25, 0.3) is 0 Å². The van der Waals surface area contributed by atoms with Gasteiger partial charge in [-0.2, -0.15) is 0 Å². The van der Waals surface area contributed by atoms with E-state index in [1.165, 1.54) is 0 Å². The van der Waals surface area contributed by atoms with Crippen LogP contribution >= 0.6 is 15.9 Å². The first kappa shape index (κ1) is 16.5. The van der Waals surface area contributed by atoms with Gasteiger partial charge >= 0.3 is 0 Å². The third kappa shape index (κ3) is 3.59. The number of ether oxygens (including phenoxy) is 1. The number of para-hydroxylation sites is 2. The molecular formula is C18H17BrN2O3. The molecule has 0 unspecified atom stereocenters. The van der Waals surface area contributed by atoms with Gasteiger partial charge in [0.15, 0.2) is 6.61 Å². The van der Waals surface area contributed by atoms with Crippen molar-refractivity contribution in [1.29, 1.82) is 0 Å². The maximum atomic E-state index is 12.7. The molecule has 3 rings (SSSR count). The lowest BCUT2D eigenvalue weighted by molar-refractivity contribution is -0.121. The molecule has 2 aromatic rings. The average molecular weight is 389 g/mol. The summed E-state index contributed by atoms with van der Waals surface area (Å²) in [6, 6.07) is 14.4. The van der Waals surface area contributed by atoms with Crippen molar-refractivity contribution in [2.24, 2.45) is 0 Å². The fourth-order valence-corrected chi connectivity index (χ4v) is 3.12. The van der Waals surface area contributed by atoms with E-state index in [0.717, 1.165) is 4.47 Å². The first-order chi connectivity index (χ1) is 11.5. The summed E-state index contributed by atoms with van der Waals surface area (Å²) < 4.78 is 6.49. The van der Waals surface area contributed by atoms with Gasteiger partial charge in [-0.25, -0.2) is 0 Å². The van der Waals surface area contributed by atoms with Crippen LogP contribution in [-0.2, 0) is 9.59 Å². The van der Waals surface area contributed by atoms with E-state index in [2.05, 4.69) is 21.2 Å². The largest absolute Gasteiger partial charge is 0.484 e. The average Bonchev–Trinajstić information content (AvgIpc) is 2.67. The van der Waals surface area contributed by atoms with Gasteiger partial charge in [-0.15, -0.1) is 0 Å². The van der Waals surface area contributed by atoms with Gasteiger partial charge in [0.25, 0.3) is 5.91 Å². The lowest BCUT2D eigenvalue weighted by atomic mass is 10.1. The molecule has 1 heterocycles. The minimum atomic E-state index is -0.243. The smallest absolute Gasteiger partial charge is 0.265 e. The molecule has 6 heteroatoms. The highest BCUT2D eigenvalue weighted by atomic mass is 79.9. The Morgan fingerprint density at radius 3 is 2.88 bits per heavy atom. The third-order valence-corrected chi connectivity index (χ3v) is 4.28. The summed E-state index contributed by atoms with van der Waals surface area (Å²) in [5, 5.41) is 2.84. The highest BCUT2D eigenvalue weighted by Gasteiger charge is 2.29. The van der Waals surface area contributed by atoms with Crippen LogP contribution in [0.2, 0.25) is 0 Å². The Morgan fingerprint density at radius 1 is 1.29 bits per heavy atom. The topological polar surface area (TPSA) is 58.6 Å². The fraction of sp³-hybridized carbons (Fsp3) is 0.222. The highest BCUT2D eigenvalue weighted by molar-refractivity contribution is 9.10. The molecule has 0 spiro atoms. The molecule has 124 valence electrons. The zero-order valence-corrected chi connectivity index (χ0v) is 14.7. The van der Waals surface area contributed by atoms with Gasteiger partial charge in [0.05, 0.1) is 11.4 Å². The molecule has 24 heavy (non-hydrogen) atoms. The molecule has 0 saturated heterocycles. The summed E-state index contributed by atoms with van der Waals surface area (Å²) in [6.45, 7) is 1.77. The summed E-state index contributed by atoms with van der Waals surface area (Å²) in [4.78, 5) is 26.3.